The zero-order chi connectivity index (χ0) is 15.2. The molecule has 0 aliphatic heterocycles. The number of esters is 1. The maximum Gasteiger partial charge on any atom is 0.311 e. The first-order valence-electron chi connectivity index (χ1n) is 6.72. The van der Waals surface area contributed by atoms with E-state index < -0.39 is 0 Å². The summed E-state index contributed by atoms with van der Waals surface area (Å²) in [7, 11) is 0. The standard InChI is InChI=1S/C16H18N2O3/c1-2-4-15(19)21-16-13(18)5-3-6-14(16)20-12-9-7-11(17)8-10-12/h3,5-10H,2,4,17-18H2,1H3. The maximum absolute atomic E-state index is 11.7. The average molecular weight is 286 g/mol. The fourth-order valence-electron chi connectivity index (χ4n) is 1.75. The third-order valence-corrected chi connectivity index (χ3v) is 2.79. The summed E-state index contributed by atoms with van der Waals surface area (Å²) in [6, 6.07) is 12.0. The number of nitrogen functional groups attached to an aromatic ring is 2. The summed E-state index contributed by atoms with van der Waals surface area (Å²) in [6.45, 7) is 1.90. The van der Waals surface area contributed by atoms with E-state index in [4.69, 9.17) is 20.9 Å². The van der Waals surface area contributed by atoms with Crippen LogP contribution in [-0.4, -0.2) is 5.97 Å². The quantitative estimate of drug-likeness (QED) is 0.500. The van der Waals surface area contributed by atoms with Crippen LogP contribution in [0.1, 0.15) is 19.8 Å². The minimum Gasteiger partial charge on any atom is -0.453 e. The highest BCUT2D eigenvalue weighted by molar-refractivity contribution is 5.76. The minimum atomic E-state index is -0.336. The number of para-hydroxylation sites is 1. The van der Waals surface area contributed by atoms with Gasteiger partial charge in [-0.2, -0.15) is 0 Å². The van der Waals surface area contributed by atoms with Gasteiger partial charge in [-0.15, -0.1) is 0 Å². The molecule has 0 heterocycles. The lowest BCUT2D eigenvalue weighted by molar-refractivity contribution is -0.134. The van der Waals surface area contributed by atoms with Gasteiger partial charge in [-0.3, -0.25) is 4.79 Å². The van der Waals surface area contributed by atoms with Crippen molar-refractivity contribution in [1.82, 2.24) is 0 Å². The molecule has 0 fully saturated rings. The summed E-state index contributed by atoms with van der Waals surface area (Å²) in [6.07, 6.45) is 1.04. The number of ether oxygens (including phenoxy) is 2. The molecule has 0 aromatic heterocycles. The van der Waals surface area contributed by atoms with Crippen molar-refractivity contribution in [1.29, 1.82) is 0 Å². The SMILES string of the molecule is CCCC(=O)Oc1c(N)cccc1Oc1ccc(N)cc1. The Morgan fingerprint density at radius 1 is 1.10 bits per heavy atom. The molecule has 5 heteroatoms. The van der Waals surface area contributed by atoms with Crippen LogP contribution in [0.25, 0.3) is 0 Å². The van der Waals surface area contributed by atoms with Crippen molar-refractivity contribution in [3.8, 4) is 17.2 Å². The fourth-order valence-corrected chi connectivity index (χ4v) is 1.75. The number of nitrogens with two attached hydrogens (primary N) is 2. The van der Waals surface area contributed by atoms with Gasteiger partial charge in [-0.05, 0) is 42.8 Å². The average Bonchev–Trinajstić information content (AvgIpc) is 2.45. The number of hydrogen-bond acceptors (Lipinski definition) is 5. The Bertz CT molecular complexity index is 624. The van der Waals surface area contributed by atoms with E-state index in [1.54, 1.807) is 42.5 Å². The highest BCUT2D eigenvalue weighted by atomic mass is 16.6. The van der Waals surface area contributed by atoms with Gasteiger partial charge in [0, 0.05) is 12.1 Å². The highest BCUT2D eigenvalue weighted by Gasteiger charge is 2.14. The smallest absolute Gasteiger partial charge is 0.311 e. The van der Waals surface area contributed by atoms with Gasteiger partial charge in [-0.1, -0.05) is 13.0 Å². The van der Waals surface area contributed by atoms with E-state index in [9.17, 15) is 4.79 Å². The predicted molar refractivity (Wildman–Crippen MR) is 82.3 cm³/mol. The number of rotatable bonds is 5. The molecule has 0 saturated carbocycles. The van der Waals surface area contributed by atoms with Gasteiger partial charge in [0.1, 0.15) is 5.75 Å². The van der Waals surface area contributed by atoms with E-state index >= 15 is 0 Å². The normalized spacial score (nSPS) is 10.1. The molecule has 0 unspecified atom stereocenters. The number of carbonyl (C=O) groups is 1. The molecule has 0 bridgehead atoms. The van der Waals surface area contributed by atoms with Crippen LogP contribution >= 0.6 is 0 Å². The first-order chi connectivity index (χ1) is 10.1. The Kier molecular flexibility index (Phi) is 4.66. The summed E-state index contributed by atoms with van der Waals surface area (Å²) in [4.78, 5) is 11.7. The first-order valence-corrected chi connectivity index (χ1v) is 6.72. The summed E-state index contributed by atoms with van der Waals surface area (Å²) < 4.78 is 11.0. The second kappa shape index (κ2) is 6.65. The van der Waals surface area contributed by atoms with Gasteiger partial charge >= 0.3 is 5.97 Å². The van der Waals surface area contributed by atoms with Crippen molar-refractivity contribution in [3.05, 3.63) is 42.5 Å². The van der Waals surface area contributed by atoms with Crippen molar-refractivity contribution < 1.29 is 14.3 Å². The van der Waals surface area contributed by atoms with Gasteiger partial charge < -0.3 is 20.9 Å². The maximum atomic E-state index is 11.7. The molecule has 21 heavy (non-hydrogen) atoms. The second-order valence-electron chi connectivity index (χ2n) is 4.57. The number of carbonyl (C=O) groups excluding carboxylic acids is 1. The van der Waals surface area contributed by atoms with Crippen LogP contribution in [0.15, 0.2) is 42.5 Å². The van der Waals surface area contributed by atoms with Crippen molar-refractivity contribution in [2.75, 3.05) is 11.5 Å². The molecule has 0 amide bonds. The Morgan fingerprint density at radius 3 is 2.48 bits per heavy atom. The molecule has 2 rings (SSSR count). The van der Waals surface area contributed by atoms with E-state index in [1.165, 1.54) is 0 Å². The van der Waals surface area contributed by atoms with Crippen LogP contribution in [0.4, 0.5) is 11.4 Å². The molecule has 5 nitrogen and oxygen atoms in total. The number of hydrogen-bond donors (Lipinski definition) is 2. The molecule has 0 saturated heterocycles. The lowest BCUT2D eigenvalue weighted by atomic mass is 10.2. The molecule has 110 valence electrons. The first kappa shape index (κ1) is 14.7. The molecule has 2 aromatic carbocycles. The Hall–Kier alpha value is -2.69. The van der Waals surface area contributed by atoms with Crippen LogP contribution in [0.2, 0.25) is 0 Å². The van der Waals surface area contributed by atoms with E-state index in [1.807, 2.05) is 6.92 Å². The zero-order valence-electron chi connectivity index (χ0n) is 11.8. The molecule has 0 spiro atoms. The van der Waals surface area contributed by atoms with Crippen molar-refractivity contribution in [2.24, 2.45) is 0 Å². The summed E-state index contributed by atoms with van der Waals surface area (Å²) in [5.74, 6) is 0.886. The number of benzene rings is 2. The molecule has 0 aliphatic carbocycles. The molecule has 0 radical (unpaired) electrons. The highest BCUT2D eigenvalue weighted by Crippen LogP contribution is 2.36. The van der Waals surface area contributed by atoms with Crippen LogP contribution < -0.4 is 20.9 Å². The van der Waals surface area contributed by atoms with Gasteiger partial charge in [0.15, 0.2) is 11.5 Å². The van der Waals surface area contributed by atoms with Crippen molar-refractivity contribution in [2.45, 2.75) is 19.8 Å². The third-order valence-electron chi connectivity index (χ3n) is 2.79. The fraction of sp³-hybridized carbons (Fsp3) is 0.188. The largest absolute Gasteiger partial charge is 0.453 e. The third kappa shape index (κ3) is 3.89. The molecular weight excluding hydrogens is 268 g/mol. The van der Waals surface area contributed by atoms with Gasteiger partial charge in [0.25, 0.3) is 0 Å². The van der Waals surface area contributed by atoms with Crippen LogP contribution in [0, 0.1) is 0 Å². The van der Waals surface area contributed by atoms with E-state index in [0.717, 1.165) is 0 Å². The van der Waals surface area contributed by atoms with Gasteiger partial charge in [-0.25, -0.2) is 0 Å². The molecule has 0 atom stereocenters. The van der Waals surface area contributed by atoms with Crippen molar-refractivity contribution >= 4 is 17.3 Å². The molecule has 2 aromatic rings. The Labute approximate surface area is 123 Å². The van der Waals surface area contributed by atoms with Gasteiger partial charge in [0.05, 0.1) is 5.69 Å². The van der Waals surface area contributed by atoms with Gasteiger partial charge in [0.2, 0.25) is 0 Å². The topological polar surface area (TPSA) is 87.6 Å². The van der Waals surface area contributed by atoms with E-state index in [0.29, 0.717) is 35.7 Å². The Morgan fingerprint density at radius 2 is 1.81 bits per heavy atom. The molecule has 4 N–H and O–H groups in total. The van der Waals surface area contributed by atoms with E-state index in [-0.39, 0.29) is 11.7 Å². The van der Waals surface area contributed by atoms with Crippen LogP contribution in [0.3, 0.4) is 0 Å². The molecular formula is C16H18N2O3. The summed E-state index contributed by atoms with van der Waals surface area (Å²) in [5.41, 5.74) is 12.5. The lowest BCUT2D eigenvalue weighted by Crippen LogP contribution is -2.09. The van der Waals surface area contributed by atoms with Crippen molar-refractivity contribution in [3.63, 3.8) is 0 Å². The van der Waals surface area contributed by atoms with E-state index in [2.05, 4.69) is 0 Å². The summed E-state index contributed by atoms with van der Waals surface area (Å²) in [5, 5.41) is 0. The summed E-state index contributed by atoms with van der Waals surface area (Å²) >= 11 is 0. The zero-order valence-corrected chi connectivity index (χ0v) is 11.8. The number of anilines is 2. The minimum absolute atomic E-state index is 0.243. The lowest BCUT2D eigenvalue weighted by Gasteiger charge is -2.13. The van der Waals surface area contributed by atoms with Crippen LogP contribution in [0.5, 0.6) is 17.2 Å². The Balaban J connectivity index is 2.24. The predicted octanol–water partition coefficient (Wildman–Crippen LogP) is 3.35. The van der Waals surface area contributed by atoms with Crippen LogP contribution in [-0.2, 0) is 4.79 Å². The monoisotopic (exact) mass is 286 g/mol. The molecule has 0 aliphatic rings. The second-order valence-corrected chi connectivity index (χ2v) is 4.57.